The number of carbonyl (C=O) groups is 1. The van der Waals surface area contributed by atoms with Crippen LogP contribution in [-0.2, 0) is 14.5 Å². The fraction of sp³-hybridized carbons (Fsp3) is 0.833. The molecule has 0 saturated heterocycles. The van der Waals surface area contributed by atoms with Crippen LogP contribution >= 0.6 is 0 Å². The van der Waals surface area contributed by atoms with Crippen molar-refractivity contribution in [1.29, 1.82) is 0 Å². The van der Waals surface area contributed by atoms with Crippen LogP contribution in [0.25, 0.3) is 0 Å². The highest BCUT2D eigenvalue weighted by Gasteiger charge is 2.10. The van der Waals surface area contributed by atoms with Crippen LogP contribution in [-0.4, -0.2) is 40.1 Å². The Kier molecular flexibility index (Phi) is 6.70. The van der Waals surface area contributed by atoms with Crippen molar-refractivity contribution in [3.63, 3.8) is 0 Å². The Labute approximate surface area is 71.7 Å². The summed E-state index contributed by atoms with van der Waals surface area (Å²) in [4.78, 5) is 14.1. The maximum Gasteiger partial charge on any atom is 0.211 e. The molecule has 0 fully saturated rings. The smallest absolute Gasteiger partial charge is 0.211 e. The second-order valence-corrected chi connectivity index (χ2v) is 2.20. The molecule has 0 aromatic carbocycles. The molecule has 0 heterocycles. The second-order valence-electron chi connectivity index (χ2n) is 2.20. The molecule has 0 aromatic rings. The first-order valence-corrected chi connectivity index (χ1v) is 3.46. The summed E-state index contributed by atoms with van der Waals surface area (Å²) < 4.78 is 16.1. The molecule has 12 heavy (non-hydrogen) atoms. The molecule has 1 atom stereocenters. The van der Waals surface area contributed by atoms with Crippen molar-refractivity contribution in [2.75, 3.05) is 20.3 Å². The van der Waals surface area contributed by atoms with Gasteiger partial charge in [-0.1, -0.05) is 0 Å². The number of rotatable bonds is 6. The molecule has 0 saturated carbocycles. The molecule has 1 N–H and O–H groups in total. The minimum atomic E-state index is -0.490. The van der Waals surface area contributed by atoms with Gasteiger partial charge in [-0.25, -0.2) is 0 Å². The van der Waals surface area contributed by atoms with Gasteiger partial charge >= 0.3 is 0 Å². The second kappa shape index (κ2) is 7.06. The van der Waals surface area contributed by atoms with Crippen LogP contribution in [0.4, 0.5) is 4.53 Å². The van der Waals surface area contributed by atoms with Crippen LogP contribution in [0, 0.1) is 0 Å². The Bertz CT molecular complexity index is 130. The number of methoxy groups -OCH3 is 1. The van der Waals surface area contributed by atoms with Gasteiger partial charge in [-0.05, 0) is 10.8 Å². The molecule has 68 valence electrons. The summed E-state index contributed by atoms with van der Waals surface area (Å²) in [5.41, 5.74) is 0. The number of carbonyl (C=O) groups excluding carboxylic acids is 1. The predicted molar refractivity (Wildman–Crippen MR) is 41.4 cm³/mol. The lowest BCUT2D eigenvalue weighted by Crippen LogP contribution is -2.40. The van der Waals surface area contributed by atoms with Gasteiger partial charge in [-0.2, -0.15) is 4.94 Å². The summed E-state index contributed by atoms with van der Waals surface area (Å²) in [5.74, 6) is -0.367. The van der Waals surface area contributed by atoms with Crippen molar-refractivity contribution >= 4 is 13.8 Å². The van der Waals surface area contributed by atoms with Gasteiger partial charge in [-0.3, -0.25) is 4.79 Å². The van der Waals surface area contributed by atoms with Gasteiger partial charge in [0.1, 0.15) is 6.61 Å². The predicted octanol–water partition coefficient (Wildman–Crippen LogP) is -0.395. The zero-order valence-electron chi connectivity index (χ0n) is 6.88. The SMILES string of the molecule is [B]CC(=O)NC(COC)COF. The fourth-order valence-corrected chi connectivity index (χ4v) is 0.695. The van der Waals surface area contributed by atoms with Crippen LogP contribution in [0.15, 0.2) is 0 Å². The van der Waals surface area contributed by atoms with E-state index in [0.29, 0.717) is 0 Å². The first kappa shape index (κ1) is 11.4. The normalized spacial score (nSPS) is 12.5. The minimum absolute atomic E-state index is 0.132. The fourth-order valence-electron chi connectivity index (χ4n) is 0.695. The Morgan fingerprint density at radius 3 is 2.75 bits per heavy atom. The lowest BCUT2D eigenvalue weighted by Gasteiger charge is -2.14. The first-order valence-electron chi connectivity index (χ1n) is 3.46. The summed E-state index contributed by atoms with van der Waals surface area (Å²) in [6, 6.07) is -0.490. The molecule has 0 aliphatic heterocycles. The molecule has 1 unspecified atom stereocenters. The zero-order chi connectivity index (χ0) is 9.40. The van der Waals surface area contributed by atoms with Crippen molar-refractivity contribution in [2.45, 2.75) is 12.4 Å². The molecular formula is C6H11BFNO3. The molecule has 0 aromatic heterocycles. The van der Waals surface area contributed by atoms with Crippen molar-refractivity contribution in [3.8, 4) is 0 Å². The van der Waals surface area contributed by atoms with E-state index < -0.39 is 6.04 Å². The minimum Gasteiger partial charge on any atom is -0.382 e. The van der Waals surface area contributed by atoms with E-state index in [1.54, 1.807) is 0 Å². The third-order valence-corrected chi connectivity index (χ3v) is 1.18. The maximum absolute atomic E-state index is 11.4. The third kappa shape index (κ3) is 5.09. The summed E-state index contributed by atoms with van der Waals surface area (Å²) in [6.45, 7) is -0.0464. The standard InChI is InChI=1S/C6H11BFNO3/c1-11-3-5(4-12-8)9-6(10)2-7/h5H,2-4H2,1H3,(H,9,10). The lowest BCUT2D eigenvalue weighted by molar-refractivity contribution is -0.146. The molecule has 2 radical (unpaired) electrons. The largest absolute Gasteiger partial charge is 0.382 e. The summed E-state index contributed by atoms with van der Waals surface area (Å²) in [7, 11) is 6.47. The highest BCUT2D eigenvalue weighted by Crippen LogP contribution is 1.89. The molecule has 1 amide bonds. The van der Waals surface area contributed by atoms with E-state index in [1.165, 1.54) is 7.11 Å². The van der Waals surface area contributed by atoms with E-state index in [1.807, 2.05) is 0 Å². The summed E-state index contributed by atoms with van der Waals surface area (Å²) in [5, 5.41) is 2.41. The average Bonchev–Trinajstić information content (AvgIpc) is 2.05. The van der Waals surface area contributed by atoms with E-state index in [9.17, 15) is 9.32 Å². The quantitative estimate of drug-likeness (QED) is 0.559. The molecule has 0 aliphatic rings. The van der Waals surface area contributed by atoms with Crippen molar-refractivity contribution < 1.29 is 19.0 Å². The van der Waals surface area contributed by atoms with Gasteiger partial charge in [0.05, 0.1) is 20.5 Å². The van der Waals surface area contributed by atoms with Crippen molar-refractivity contribution in [3.05, 3.63) is 0 Å². The monoisotopic (exact) mass is 175 g/mol. The van der Waals surface area contributed by atoms with E-state index in [4.69, 9.17) is 12.6 Å². The van der Waals surface area contributed by atoms with Crippen LogP contribution in [0.1, 0.15) is 0 Å². The average molecular weight is 175 g/mol. The molecular weight excluding hydrogens is 164 g/mol. The van der Waals surface area contributed by atoms with Gasteiger partial charge in [0.25, 0.3) is 0 Å². The van der Waals surface area contributed by atoms with Gasteiger partial charge < -0.3 is 10.1 Å². The van der Waals surface area contributed by atoms with E-state index in [-0.39, 0.29) is 25.4 Å². The number of hydrogen-bond donors (Lipinski definition) is 1. The van der Waals surface area contributed by atoms with E-state index >= 15 is 0 Å². The first-order chi connectivity index (χ1) is 5.74. The molecule has 0 rings (SSSR count). The summed E-state index contributed by atoms with van der Waals surface area (Å²) >= 11 is 0. The van der Waals surface area contributed by atoms with E-state index in [2.05, 4.69) is 10.3 Å². The lowest BCUT2D eigenvalue weighted by atomic mass is 10.0. The molecule has 0 spiro atoms. The Balaban J connectivity index is 3.68. The van der Waals surface area contributed by atoms with Crippen molar-refractivity contribution in [2.24, 2.45) is 0 Å². The Hall–Kier alpha value is -0.615. The van der Waals surface area contributed by atoms with Gasteiger partial charge in [0, 0.05) is 7.11 Å². The maximum atomic E-state index is 11.4. The van der Waals surface area contributed by atoms with Crippen LogP contribution in [0.2, 0.25) is 6.32 Å². The third-order valence-electron chi connectivity index (χ3n) is 1.18. The van der Waals surface area contributed by atoms with E-state index in [0.717, 1.165) is 0 Å². The molecule has 0 aliphatic carbocycles. The highest BCUT2D eigenvalue weighted by molar-refractivity contribution is 6.19. The van der Waals surface area contributed by atoms with Crippen LogP contribution < -0.4 is 5.32 Å². The number of ether oxygens (including phenoxy) is 1. The zero-order valence-corrected chi connectivity index (χ0v) is 6.88. The highest BCUT2D eigenvalue weighted by atomic mass is 19.3. The molecule has 4 nitrogen and oxygen atoms in total. The van der Waals surface area contributed by atoms with Crippen LogP contribution in [0.3, 0.4) is 0 Å². The summed E-state index contributed by atoms with van der Waals surface area (Å²) in [6.07, 6.45) is -0.132. The van der Waals surface area contributed by atoms with Gasteiger partial charge in [0.15, 0.2) is 0 Å². The van der Waals surface area contributed by atoms with Crippen LogP contribution in [0.5, 0.6) is 0 Å². The number of nitrogens with one attached hydrogen (secondary N) is 1. The Morgan fingerprint density at radius 2 is 2.33 bits per heavy atom. The van der Waals surface area contributed by atoms with Crippen molar-refractivity contribution in [1.82, 2.24) is 5.32 Å². The Morgan fingerprint density at radius 1 is 1.67 bits per heavy atom. The molecule has 6 heteroatoms. The van der Waals surface area contributed by atoms with Gasteiger partial charge in [0.2, 0.25) is 5.91 Å². The number of amides is 1. The molecule has 0 bridgehead atoms. The van der Waals surface area contributed by atoms with Gasteiger partial charge in [-0.15, -0.1) is 0 Å². The number of halogens is 1. The number of hydrogen-bond acceptors (Lipinski definition) is 3. The topological polar surface area (TPSA) is 47.6 Å².